The molecule has 1 aromatic rings. The SMILES string of the molecule is S=C(Nc1ccncc1Cl)NC1CCCCC1. The van der Waals surface area contributed by atoms with Crippen LogP contribution in [0.2, 0.25) is 5.02 Å². The maximum absolute atomic E-state index is 6.00. The number of hydrogen-bond acceptors (Lipinski definition) is 2. The highest BCUT2D eigenvalue weighted by molar-refractivity contribution is 7.80. The zero-order valence-electron chi connectivity index (χ0n) is 9.58. The van der Waals surface area contributed by atoms with E-state index in [0.29, 0.717) is 16.2 Å². The standard InChI is InChI=1S/C12H16ClN3S/c13-10-8-14-7-6-11(10)16-12(17)15-9-4-2-1-3-5-9/h6-9H,1-5H2,(H2,14,15,16,17). The van der Waals surface area contributed by atoms with Crippen molar-refractivity contribution in [1.29, 1.82) is 0 Å². The van der Waals surface area contributed by atoms with Gasteiger partial charge in [-0.25, -0.2) is 0 Å². The maximum Gasteiger partial charge on any atom is 0.171 e. The zero-order valence-corrected chi connectivity index (χ0v) is 11.2. The monoisotopic (exact) mass is 269 g/mol. The zero-order chi connectivity index (χ0) is 12.1. The third kappa shape index (κ3) is 3.82. The Hall–Kier alpha value is -0.870. The first kappa shape index (κ1) is 12.6. The third-order valence-electron chi connectivity index (χ3n) is 2.96. The molecule has 0 radical (unpaired) electrons. The predicted octanol–water partition coefficient (Wildman–Crippen LogP) is 3.35. The molecule has 0 saturated heterocycles. The van der Waals surface area contributed by atoms with E-state index in [2.05, 4.69) is 15.6 Å². The van der Waals surface area contributed by atoms with Gasteiger partial charge in [0.2, 0.25) is 0 Å². The minimum atomic E-state index is 0.504. The van der Waals surface area contributed by atoms with E-state index in [1.807, 2.05) is 6.07 Å². The third-order valence-corrected chi connectivity index (χ3v) is 3.48. The summed E-state index contributed by atoms with van der Waals surface area (Å²) in [6, 6.07) is 2.32. The van der Waals surface area contributed by atoms with Crippen LogP contribution in [0.1, 0.15) is 32.1 Å². The van der Waals surface area contributed by atoms with E-state index >= 15 is 0 Å². The highest BCUT2D eigenvalue weighted by Crippen LogP contribution is 2.20. The summed E-state index contributed by atoms with van der Waals surface area (Å²) in [6.07, 6.45) is 9.61. The van der Waals surface area contributed by atoms with Gasteiger partial charge in [-0.05, 0) is 31.1 Å². The Labute approximate surface area is 112 Å². The Kier molecular flexibility index (Phi) is 4.57. The van der Waals surface area contributed by atoms with Crippen LogP contribution in [-0.2, 0) is 0 Å². The Bertz CT molecular complexity index is 391. The number of hydrogen-bond donors (Lipinski definition) is 2. The van der Waals surface area contributed by atoms with Crippen molar-refractivity contribution >= 4 is 34.6 Å². The summed E-state index contributed by atoms with van der Waals surface area (Å²) in [7, 11) is 0. The molecule has 1 aliphatic carbocycles. The Morgan fingerprint density at radius 3 is 2.82 bits per heavy atom. The van der Waals surface area contributed by atoms with Crippen molar-refractivity contribution in [2.24, 2.45) is 0 Å². The number of thiocarbonyl (C=S) groups is 1. The molecule has 2 rings (SSSR count). The quantitative estimate of drug-likeness (QED) is 0.808. The number of pyridine rings is 1. The molecule has 17 heavy (non-hydrogen) atoms. The van der Waals surface area contributed by atoms with E-state index in [9.17, 15) is 0 Å². The molecule has 0 atom stereocenters. The van der Waals surface area contributed by atoms with E-state index in [1.165, 1.54) is 32.1 Å². The van der Waals surface area contributed by atoms with Crippen LogP contribution >= 0.6 is 23.8 Å². The van der Waals surface area contributed by atoms with Crippen molar-refractivity contribution in [3.8, 4) is 0 Å². The number of halogens is 1. The Balaban J connectivity index is 1.86. The van der Waals surface area contributed by atoms with E-state index in [0.717, 1.165) is 5.69 Å². The van der Waals surface area contributed by atoms with Crippen molar-refractivity contribution in [2.45, 2.75) is 38.1 Å². The van der Waals surface area contributed by atoms with Crippen LogP contribution in [0.15, 0.2) is 18.5 Å². The number of nitrogens with zero attached hydrogens (tertiary/aromatic N) is 1. The topological polar surface area (TPSA) is 37.0 Å². The van der Waals surface area contributed by atoms with Gasteiger partial charge in [-0.1, -0.05) is 30.9 Å². The van der Waals surface area contributed by atoms with Crippen LogP contribution in [0.25, 0.3) is 0 Å². The summed E-state index contributed by atoms with van der Waals surface area (Å²) in [5.74, 6) is 0. The molecular weight excluding hydrogens is 254 g/mol. The smallest absolute Gasteiger partial charge is 0.171 e. The van der Waals surface area contributed by atoms with E-state index < -0.39 is 0 Å². The first-order chi connectivity index (χ1) is 8.25. The number of rotatable bonds is 2. The predicted molar refractivity (Wildman–Crippen MR) is 75.5 cm³/mol. The second kappa shape index (κ2) is 6.17. The molecule has 5 heteroatoms. The van der Waals surface area contributed by atoms with Crippen LogP contribution in [-0.4, -0.2) is 16.1 Å². The lowest BCUT2D eigenvalue weighted by Crippen LogP contribution is -2.38. The second-order valence-electron chi connectivity index (χ2n) is 4.29. The molecule has 92 valence electrons. The Morgan fingerprint density at radius 1 is 1.35 bits per heavy atom. The maximum atomic E-state index is 6.00. The van der Waals surface area contributed by atoms with Gasteiger partial charge in [0.25, 0.3) is 0 Å². The van der Waals surface area contributed by atoms with Gasteiger partial charge in [-0.15, -0.1) is 0 Å². The average Bonchev–Trinajstić information content (AvgIpc) is 2.33. The second-order valence-corrected chi connectivity index (χ2v) is 5.10. The van der Waals surface area contributed by atoms with Crippen molar-refractivity contribution < 1.29 is 0 Å². The highest BCUT2D eigenvalue weighted by atomic mass is 35.5. The van der Waals surface area contributed by atoms with Crippen LogP contribution in [0.5, 0.6) is 0 Å². The van der Waals surface area contributed by atoms with E-state index in [4.69, 9.17) is 23.8 Å². The molecule has 0 aliphatic heterocycles. The summed E-state index contributed by atoms with van der Waals surface area (Å²) in [4.78, 5) is 3.93. The molecule has 0 amide bonds. The van der Waals surface area contributed by atoms with Gasteiger partial charge < -0.3 is 10.6 Å². The van der Waals surface area contributed by atoms with Crippen LogP contribution in [0, 0.1) is 0 Å². The lowest BCUT2D eigenvalue weighted by molar-refractivity contribution is 0.415. The molecule has 0 spiro atoms. The molecule has 1 fully saturated rings. The fourth-order valence-corrected chi connectivity index (χ4v) is 2.51. The van der Waals surface area contributed by atoms with E-state index in [1.54, 1.807) is 12.4 Å². The van der Waals surface area contributed by atoms with Crippen LogP contribution < -0.4 is 10.6 Å². The molecule has 3 nitrogen and oxygen atoms in total. The normalized spacial score (nSPS) is 16.5. The van der Waals surface area contributed by atoms with Crippen molar-refractivity contribution in [3.63, 3.8) is 0 Å². The van der Waals surface area contributed by atoms with Gasteiger partial charge in [0.15, 0.2) is 5.11 Å². The lowest BCUT2D eigenvalue weighted by Gasteiger charge is -2.24. The molecule has 0 unspecified atom stereocenters. The molecule has 1 saturated carbocycles. The van der Waals surface area contributed by atoms with Gasteiger partial charge in [0, 0.05) is 18.4 Å². The highest BCUT2D eigenvalue weighted by Gasteiger charge is 2.14. The first-order valence-electron chi connectivity index (χ1n) is 5.93. The molecule has 0 aromatic carbocycles. The van der Waals surface area contributed by atoms with Crippen LogP contribution in [0.3, 0.4) is 0 Å². The summed E-state index contributed by atoms with van der Waals surface area (Å²) in [5, 5.41) is 7.67. The molecule has 1 aliphatic rings. The largest absolute Gasteiger partial charge is 0.360 e. The van der Waals surface area contributed by atoms with Crippen molar-refractivity contribution in [3.05, 3.63) is 23.5 Å². The van der Waals surface area contributed by atoms with Gasteiger partial charge >= 0.3 is 0 Å². The van der Waals surface area contributed by atoms with E-state index in [-0.39, 0.29) is 0 Å². The molecule has 2 N–H and O–H groups in total. The van der Waals surface area contributed by atoms with Gasteiger partial charge in [-0.3, -0.25) is 4.98 Å². The fraction of sp³-hybridized carbons (Fsp3) is 0.500. The first-order valence-corrected chi connectivity index (χ1v) is 6.71. The fourth-order valence-electron chi connectivity index (χ4n) is 2.07. The summed E-state index contributed by atoms with van der Waals surface area (Å²) in [5.41, 5.74) is 0.801. The molecule has 1 aromatic heterocycles. The van der Waals surface area contributed by atoms with Crippen molar-refractivity contribution in [2.75, 3.05) is 5.32 Å². The minimum absolute atomic E-state index is 0.504. The van der Waals surface area contributed by atoms with Gasteiger partial charge in [-0.2, -0.15) is 0 Å². The lowest BCUT2D eigenvalue weighted by atomic mass is 9.96. The minimum Gasteiger partial charge on any atom is -0.360 e. The summed E-state index contributed by atoms with van der Waals surface area (Å²) >= 11 is 11.3. The summed E-state index contributed by atoms with van der Waals surface area (Å²) < 4.78 is 0. The Morgan fingerprint density at radius 2 is 2.12 bits per heavy atom. The average molecular weight is 270 g/mol. The summed E-state index contributed by atoms with van der Waals surface area (Å²) in [6.45, 7) is 0. The molecule has 1 heterocycles. The van der Waals surface area contributed by atoms with Crippen LogP contribution in [0.4, 0.5) is 5.69 Å². The number of anilines is 1. The number of aromatic nitrogens is 1. The van der Waals surface area contributed by atoms with Gasteiger partial charge in [0.05, 0.1) is 10.7 Å². The molecular formula is C12H16ClN3S. The van der Waals surface area contributed by atoms with Gasteiger partial charge in [0.1, 0.15) is 0 Å². The number of nitrogens with one attached hydrogen (secondary N) is 2. The van der Waals surface area contributed by atoms with Crippen molar-refractivity contribution in [1.82, 2.24) is 10.3 Å². The molecule has 0 bridgehead atoms.